The molecule has 2 N–H and O–H groups in total. The van der Waals surface area contributed by atoms with E-state index in [0.29, 0.717) is 17.4 Å². The van der Waals surface area contributed by atoms with E-state index in [4.69, 9.17) is 9.05 Å². The Bertz CT molecular complexity index is 1420. The lowest BCUT2D eigenvalue weighted by Crippen LogP contribution is -2.45. The lowest BCUT2D eigenvalue weighted by atomic mass is 10.0. The third kappa shape index (κ3) is 48.9. The number of nitrogens with zero attached hydrogens (tertiary/aromatic N) is 1. The summed E-state index contributed by atoms with van der Waals surface area (Å²) in [7, 11) is 1.23. The number of phosphoric acid groups is 1. The minimum Gasteiger partial charge on any atom is -0.756 e. The van der Waals surface area contributed by atoms with Gasteiger partial charge in [-0.2, -0.15) is 0 Å². The van der Waals surface area contributed by atoms with Crippen LogP contribution in [0.5, 0.6) is 0 Å². The SMILES string of the molecule is CC/C=C\C/C=C\C/C=C\C/C=C\C/C=C\C/C=C\C/C=C\CCCCCCCCCCCCCCCC(=O)NC(COP(=O)([O-])OCC[N+](C)(C)C)C(O)/C=C/CC/C=C/CCCC. The van der Waals surface area contributed by atoms with Gasteiger partial charge < -0.3 is 28.8 Å². The zero-order valence-corrected chi connectivity index (χ0v) is 43.0. The highest BCUT2D eigenvalue weighted by molar-refractivity contribution is 7.45. The highest BCUT2D eigenvalue weighted by Crippen LogP contribution is 2.38. The van der Waals surface area contributed by atoms with Crippen molar-refractivity contribution < 1.29 is 32.9 Å². The van der Waals surface area contributed by atoms with Crippen LogP contribution in [0.25, 0.3) is 0 Å². The van der Waals surface area contributed by atoms with E-state index in [1.165, 1.54) is 77.0 Å². The maximum absolute atomic E-state index is 12.8. The van der Waals surface area contributed by atoms with E-state index in [9.17, 15) is 19.4 Å². The third-order valence-corrected chi connectivity index (χ3v) is 11.7. The minimum absolute atomic E-state index is 0.0116. The fourth-order valence-electron chi connectivity index (χ4n) is 6.66. The Kier molecular flexibility index (Phi) is 44.3. The molecular formula is C56H97N2O6P. The van der Waals surface area contributed by atoms with Crippen LogP contribution in [-0.2, 0) is 18.4 Å². The van der Waals surface area contributed by atoms with Gasteiger partial charge in [0.15, 0.2) is 0 Å². The molecule has 0 aromatic rings. The summed E-state index contributed by atoms with van der Waals surface area (Å²) in [5.74, 6) is -0.218. The number of quaternary nitrogens is 1. The Morgan fingerprint density at radius 3 is 1.43 bits per heavy atom. The van der Waals surface area contributed by atoms with Gasteiger partial charge in [0.05, 0.1) is 39.9 Å². The van der Waals surface area contributed by atoms with Gasteiger partial charge >= 0.3 is 0 Å². The zero-order valence-electron chi connectivity index (χ0n) is 42.1. The standard InChI is InChI=1S/C56H97N2O6P/c1-6-8-10-12-14-16-17-18-19-20-21-22-23-24-25-26-27-28-29-30-31-32-33-34-35-36-37-38-39-40-41-42-44-46-48-50-56(60)57-54(53-64-65(61,62)63-52-51-58(3,4)5)55(59)49-47-45-43-15-13-11-9-7-2/h8,10,13-16,18-19,21-22,24-25,27-28,30-31,47,49,54-55,59H,6-7,9,11-12,17,20,23,26,29,32-46,48,50-53H2,1-5H3,(H-,57,60,61,62)/b10-8-,15-13+,16-14-,19-18-,22-21-,25-24-,28-27-,31-30-,49-47+. The van der Waals surface area contributed by atoms with Gasteiger partial charge in [-0.05, 0) is 83.5 Å². The molecule has 0 aliphatic carbocycles. The number of aliphatic hydroxyl groups excluding tert-OH is 1. The molecule has 0 spiro atoms. The lowest BCUT2D eigenvalue weighted by Gasteiger charge is -2.29. The molecule has 65 heavy (non-hydrogen) atoms. The number of allylic oxidation sites excluding steroid dienone is 17. The predicted octanol–water partition coefficient (Wildman–Crippen LogP) is 14.6. The van der Waals surface area contributed by atoms with Crippen LogP contribution in [0.1, 0.15) is 187 Å². The first kappa shape index (κ1) is 62.2. The van der Waals surface area contributed by atoms with Gasteiger partial charge in [0, 0.05) is 6.42 Å². The smallest absolute Gasteiger partial charge is 0.268 e. The molecule has 0 bridgehead atoms. The summed E-state index contributed by atoms with van der Waals surface area (Å²) in [6.07, 6.45) is 67.6. The van der Waals surface area contributed by atoms with Crippen LogP contribution in [0.15, 0.2) is 109 Å². The molecule has 0 aliphatic heterocycles. The first-order valence-electron chi connectivity index (χ1n) is 25.7. The quantitative estimate of drug-likeness (QED) is 0.0273. The molecule has 0 radical (unpaired) electrons. The van der Waals surface area contributed by atoms with E-state index in [0.717, 1.165) is 89.9 Å². The Morgan fingerprint density at radius 1 is 0.554 bits per heavy atom. The number of likely N-dealkylation sites (N-methyl/N-ethyl adjacent to an activating group) is 1. The number of rotatable bonds is 45. The van der Waals surface area contributed by atoms with Gasteiger partial charge in [-0.1, -0.05) is 207 Å². The summed E-state index contributed by atoms with van der Waals surface area (Å²) in [6.45, 7) is 4.41. The highest BCUT2D eigenvalue weighted by Gasteiger charge is 2.23. The number of carbonyl (C=O) groups excluding carboxylic acids is 1. The minimum atomic E-state index is -4.60. The van der Waals surface area contributed by atoms with Gasteiger partial charge in [-0.15, -0.1) is 0 Å². The number of hydrogen-bond acceptors (Lipinski definition) is 6. The summed E-state index contributed by atoms with van der Waals surface area (Å²) in [5.41, 5.74) is 0. The molecule has 0 fully saturated rings. The molecule has 0 rings (SSSR count). The first-order chi connectivity index (χ1) is 31.5. The van der Waals surface area contributed by atoms with Gasteiger partial charge in [-0.3, -0.25) is 9.36 Å². The van der Waals surface area contributed by atoms with Crippen LogP contribution in [0.3, 0.4) is 0 Å². The Labute approximate surface area is 400 Å². The van der Waals surface area contributed by atoms with E-state index >= 15 is 0 Å². The first-order valence-corrected chi connectivity index (χ1v) is 27.2. The van der Waals surface area contributed by atoms with Crippen molar-refractivity contribution in [3.63, 3.8) is 0 Å². The average Bonchev–Trinajstić information content (AvgIpc) is 3.26. The van der Waals surface area contributed by atoms with E-state index in [-0.39, 0.29) is 12.5 Å². The fourth-order valence-corrected chi connectivity index (χ4v) is 7.39. The highest BCUT2D eigenvalue weighted by atomic mass is 31.2. The number of phosphoric ester groups is 1. The van der Waals surface area contributed by atoms with Crippen LogP contribution in [0.2, 0.25) is 0 Å². The van der Waals surface area contributed by atoms with Crippen LogP contribution in [0.4, 0.5) is 0 Å². The third-order valence-electron chi connectivity index (χ3n) is 10.7. The van der Waals surface area contributed by atoms with Gasteiger partial charge in [0.1, 0.15) is 13.2 Å². The monoisotopic (exact) mass is 925 g/mol. The number of nitrogens with one attached hydrogen (secondary N) is 1. The average molecular weight is 925 g/mol. The second-order valence-electron chi connectivity index (χ2n) is 18.1. The molecule has 8 nitrogen and oxygen atoms in total. The van der Waals surface area contributed by atoms with Crippen molar-refractivity contribution in [1.29, 1.82) is 0 Å². The number of aliphatic hydroxyl groups is 1. The largest absolute Gasteiger partial charge is 0.756 e. The van der Waals surface area contributed by atoms with Crippen molar-refractivity contribution >= 4 is 13.7 Å². The Balaban J connectivity index is 4.01. The molecule has 0 saturated heterocycles. The van der Waals surface area contributed by atoms with Crippen LogP contribution < -0.4 is 10.2 Å². The molecule has 372 valence electrons. The molecule has 1 amide bonds. The van der Waals surface area contributed by atoms with Crippen LogP contribution in [0, 0.1) is 0 Å². The Morgan fingerprint density at radius 2 is 0.954 bits per heavy atom. The number of carbonyl (C=O) groups is 1. The summed E-state index contributed by atoms with van der Waals surface area (Å²) in [6, 6.07) is -0.907. The molecule has 0 saturated carbocycles. The predicted molar refractivity (Wildman–Crippen MR) is 279 cm³/mol. The number of unbranched alkanes of at least 4 members (excludes halogenated alkanes) is 16. The normalized spacial score (nSPS) is 15.0. The summed E-state index contributed by atoms with van der Waals surface area (Å²) >= 11 is 0. The maximum atomic E-state index is 12.8. The van der Waals surface area contributed by atoms with Crippen molar-refractivity contribution in [3.05, 3.63) is 109 Å². The summed E-state index contributed by atoms with van der Waals surface area (Å²) in [4.78, 5) is 25.3. The van der Waals surface area contributed by atoms with Crippen molar-refractivity contribution in [3.8, 4) is 0 Å². The van der Waals surface area contributed by atoms with Crippen molar-refractivity contribution in [2.75, 3.05) is 40.9 Å². The van der Waals surface area contributed by atoms with Crippen molar-refractivity contribution in [2.24, 2.45) is 0 Å². The van der Waals surface area contributed by atoms with E-state index in [2.05, 4.69) is 116 Å². The van der Waals surface area contributed by atoms with E-state index in [1.807, 2.05) is 27.2 Å². The fraction of sp³-hybridized carbons (Fsp3) is 0.661. The van der Waals surface area contributed by atoms with E-state index < -0.39 is 26.6 Å². The topological polar surface area (TPSA) is 108 Å². The number of hydrogen-bond donors (Lipinski definition) is 2. The van der Waals surface area contributed by atoms with Crippen LogP contribution in [-0.4, -0.2) is 68.5 Å². The van der Waals surface area contributed by atoms with Gasteiger partial charge in [-0.25, -0.2) is 0 Å². The Hall–Kier alpha value is -2.84. The zero-order chi connectivity index (χ0) is 47.8. The molecule has 9 heteroatoms. The maximum Gasteiger partial charge on any atom is 0.268 e. The second kappa shape index (κ2) is 46.3. The molecule has 0 heterocycles. The number of amides is 1. The molecule has 3 atom stereocenters. The second-order valence-corrected chi connectivity index (χ2v) is 19.5. The lowest BCUT2D eigenvalue weighted by molar-refractivity contribution is -0.870. The summed E-state index contributed by atoms with van der Waals surface area (Å²) in [5, 5.41) is 13.7. The summed E-state index contributed by atoms with van der Waals surface area (Å²) < 4.78 is 23.1. The van der Waals surface area contributed by atoms with E-state index in [1.54, 1.807) is 6.08 Å². The van der Waals surface area contributed by atoms with Crippen molar-refractivity contribution in [1.82, 2.24) is 5.32 Å². The van der Waals surface area contributed by atoms with Crippen molar-refractivity contribution in [2.45, 2.75) is 199 Å². The molecular weight excluding hydrogens is 828 g/mol. The van der Waals surface area contributed by atoms with Gasteiger partial charge in [0.25, 0.3) is 7.82 Å². The molecule has 0 aliphatic rings. The van der Waals surface area contributed by atoms with Crippen LogP contribution >= 0.6 is 7.82 Å². The molecule has 0 aromatic heterocycles. The molecule has 3 unspecified atom stereocenters. The molecule has 0 aromatic carbocycles. The van der Waals surface area contributed by atoms with Gasteiger partial charge in [0.2, 0.25) is 5.91 Å².